The zero-order valence-corrected chi connectivity index (χ0v) is 10.1. The summed E-state index contributed by atoms with van der Waals surface area (Å²) < 4.78 is 45.5. The predicted molar refractivity (Wildman–Crippen MR) is 55.1 cm³/mol. The summed E-state index contributed by atoms with van der Waals surface area (Å²) in [7, 11) is -7.49. The van der Waals surface area contributed by atoms with Crippen LogP contribution in [-0.4, -0.2) is 63.4 Å². The van der Waals surface area contributed by atoms with E-state index in [1.165, 1.54) is 0 Å². The molecule has 3 N–H and O–H groups in total. The van der Waals surface area contributed by atoms with E-state index >= 15 is 0 Å². The van der Waals surface area contributed by atoms with Gasteiger partial charge in [-0.05, 0) is 0 Å². The lowest BCUT2D eigenvalue weighted by Crippen LogP contribution is -2.44. The van der Waals surface area contributed by atoms with Crippen LogP contribution in [0.15, 0.2) is 0 Å². The third-order valence-corrected chi connectivity index (χ3v) is 4.11. The normalized spacial score (nSPS) is 14.6. The Bertz CT molecular complexity index is 437. The number of carboxylic acids is 1. The second-order valence-electron chi connectivity index (χ2n) is 3.14. The van der Waals surface area contributed by atoms with Gasteiger partial charge in [-0.1, -0.05) is 0 Å². The molecule has 0 aromatic carbocycles. The summed E-state index contributed by atoms with van der Waals surface area (Å²) in [5, 5.41) is 17.0. The third-order valence-electron chi connectivity index (χ3n) is 1.53. The first-order valence-corrected chi connectivity index (χ1v) is 7.80. The Morgan fingerprint density at radius 2 is 1.75 bits per heavy atom. The van der Waals surface area contributed by atoms with E-state index in [2.05, 4.69) is 0 Å². The quantitative estimate of drug-likeness (QED) is 0.463. The predicted octanol–water partition coefficient (Wildman–Crippen LogP) is -2.60. The van der Waals surface area contributed by atoms with Gasteiger partial charge in [0.25, 0.3) is 0 Å². The van der Waals surface area contributed by atoms with Crippen LogP contribution in [0.5, 0.6) is 0 Å². The van der Waals surface area contributed by atoms with Crippen LogP contribution in [0, 0.1) is 0 Å². The first-order chi connectivity index (χ1) is 7.07. The lowest BCUT2D eigenvalue weighted by Gasteiger charge is -2.11. The number of aliphatic hydroxyl groups excluding tert-OH is 1. The zero-order chi connectivity index (χ0) is 13.0. The summed E-state index contributed by atoms with van der Waals surface area (Å²) in [5.74, 6) is -2.89. The molecule has 0 aliphatic heterocycles. The molecule has 0 unspecified atom stereocenters. The molecular weight excluding hydrogens is 262 g/mol. The molecule has 16 heavy (non-hydrogen) atoms. The number of hydrogen-bond acceptors (Lipinski definition) is 6. The number of sulfonamides is 1. The molecule has 0 aliphatic carbocycles. The molecule has 96 valence electrons. The van der Waals surface area contributed by atoms with Crippen molar-refractivity contribution in [2.24, 2.45) is 0 Å². The number of aliphatic carboxylic acids is 1. The Kier molecular flexibility index (Phi) is 5.32. The van der Waals surface area contributed by atoms with Gasteiger partial charge in [-0.3, -0.25) is 4.79 Å². The molecule has 8 nitrogen and oxygen atoms in total. The van der Waals surface area contributed by atoms with Crippen LogP contribution in [0.2, 0.25) is 0 Å². The van der Waals surface area contributed by atoms with E-state index < -0.39 is 50.0 Å². The summed E-state index contributed by atoms with van der Waals surface area (Å²) >= 11 is 0. The van der Waals surface area contributed by atoms with Crippen LogP contribution in [0.4, 0.5) is 0 Å². The lowest BCUT2D eigenvalue weighted by atomic mass is 10.3. The van der Waals surface area contributed by atoms with Crippen molar-refractivity contribution in [2.45, 2.75) is 6.04 Å². The standard InChI is InChI=1S/C6H13NO7S2/c1-15(11,12)2-3-16(13,14)7-5(4-8)6(9)10/h5,7-8H,2-4H2,1H3,(H,9,10)/t5-/m1/s1. The van der Waals surface area contributed by atoms with Crippen molar-refractivity contribution < 1.29 is 31.8 Å². The molecule has 0 rings (SSSR count). The smallest absolute Gasteiger partial charge is 0.324 e. The first-order valence-electron chi connectivity index (χ1n) is 4.09. The fourth-order valence-electron chi connectivity index (χ4n) is 0.703. The lowest BCUT2D eigenvalue weighted by molar-refractivity contribution is -0.139. The number of carbonyl (C=O) groups is 1. The van der Waals surface area contributed by atoms with Crippen molar-refractivity contribution >= 4 is 25.8 Å². The van der Waals surface area contributed by atoms with E-state index in [1.807, 2.05) is 0 Å². The third kappa shape index (κ3) is 6.71. The van der Waals surface area contributed by atoms with E-state index in [-0.39, 0.29) is 0 Å². The molecule has 0 saturated heterocycles. The fourth-order valence-corrected chi connectivity index (χ4v) is 3.52. The maximum Gasteiger partial charge on any atom is 0.324 e. The monoisotopic (exact) mass is 275 g/mol. The van der Waals surface area contributed by atoms with E-state index in [0.717, 1.165) is 6.26 Å². The Morgan fingerprint density at radius 1 is 1.25 bits per heavy atom. The summed E-state index contributed by atoms with van der Waals surface area (Å²) in [4.78, 5) is 10.4. The van der Waals surface area contributed by atoms with Gasteiger partial charge in [-0.15, -0.1) is 0 Å². The Labute approximate surface area is 93.2 Å². The highest BCUT2D eigenvalue weighted by molar-refractivity contribution is 7.93. The Balaban J connectivity index is 4.52. The number of carboxylic acid groups (broad SMARTS) is 1. The molecule has 0 bridgehead atoms. The first kappa shape index (κ1) is 15.3. The summed E-state index contributed by atoms with van der Waals surface area (Å²) in [6.07, 6.45) is 0.864. The van der Waals surface area contributed by atoms with Crippen molar-refractivity contribution in [3.63, 3.8) is 0 Å². The maximum absolute atomic E-state index is 11.2. The second-order valence-corrected chi connectivity index (χ2v) is 7.27. The largest absolute Gasteiger partial charge is 0.480 e. The van der Waals surface area contributed by atoms with E-state index in [0.29, 0.717) is 0 Å². The minimum atomic E-state index is -4.04. The highest BCUT2D eigenvalue weighted by Gasteiger charge is 2.23. The highest BCUT2D eigenvalue weighted by atomic mass is 32.2. The maximum atomic E-state index is 11.2. The number of aliphatic hydroxyl groups is 1. The van der Waals surface area contributed by atoms with Crippen molar-refractivity contribution in [2.75, 3.05) is 24.4 Å². The van der Waals surface area contributed by atoms with Gasteiger partial charge in [0.05, 0.1) is 18.1 Å². The van der Waals surface area contributed by atoms with E-state index in [1.54, 1.807) is 4.72 Å². The minimum Gasteiger partial charge on any atom is -0.480 e. The van der Waals surface area contributed by atoms with Crippen molar-refractivity contribution in [1.29, 1.82) is 0 Å². The van der Waals surface area contributed by atoms with Crippen LogP contribution in [-0.2, 0) is 24.7 Å². The zero-order valence-electron chi connectivity index (χ0n) is 8.45. The fraction of sp³-hybridized carbons (Fsp3) is 0.833. The van der Waals surface area contributed by atoms with Crippen molar-refractivity contribution in [3.05, 3.63) is 0 Å². The number of sulfone groups is 1. The molecule has 0 amide bonds. The summed E-state index contributed by atoms with van der Waals surface area (Å²) in [6.45, 7) is -0.909. The molecule has 0 saturated carbocycles. The van der Waals surface area contributed by atoms with Crippen molar-refractivity contribution in [1.82, 2.24) is 4.72 Å². The van der Waals surface area contributed by atoms with Crippen LogP contribution >= 0.6 is 0 Å². The summed E-state index contributed by atoms with van der Waals surface area (Å²) in [6, 6.07) is -1.66. The van der Waals surface area contributed by atoms with E-state index in [9.17, 15) is 21.6 Å². The highest BCUT2D eigenvalue weighted by Crippen LogP contribution is 1.93. The molecule has 0 aromatic heterocycles. The average Bonchev–Trinajstić information content (AvgIpc) is 2.10. The molecule has 1 atom stereocenters. The number of nitrogens with one attached hydrogen (secondary N) is 1. The van der Waals surface area contributed by atoms with Gasteiger partial charge in [-0.25, -0.2) is 16.8 Å². The topological polar surface area (TPSA) is 138 Å². The van der Waals surface area contributed by atoms with Crippen molar-refractivity contribution in [3.8, 4) is 0 Å². The van der Waals surface area contributed by atoms with Crippen LogP contribution in [0.25, 0.3) is 0 Å². The second kappa shape index (κ2) is 5.57. The minimum absolute atomic E-state index is 0.611. The van der Waals surface area contributed by atoms with Gasteiger partial charge >= 0.3 is 5.97 Å². The Hall–Kier alpha value is -0.710. The van der Waals surface area contributed by atoms with Gasteiger partial charge < -0.3 is 10.2 Å². The molecule has 0 aromatic rings. The van der Waals surface area contributed by atoms with Gasteiger partial charge in [-0.2, -0.15) is 4.72 Å². The van der Waals surface area contributed by atoms with E-state index in [4.69, 9.17) is 10.2 Å². The van der Waals surface area contributed by atoms with Gasteiger partial charge in [0.1, 0.15) is 15.9 Å². The molecule has 0 aliphatic rings. The molecule has 0 fully saturated rings. The van der Waals surface area contributed by atoms with Crippen LogP contribution < -0.4 is 4.72 Å². The van der Waals surface area contributed by atoms with Gasteiger partial charge in [0.2, 0.25) is 10.0 Å². The average molecular weight is 275 g/mol. The molecule has 0 radical (unpaired) electrons. The molecule has 10 heteroatoms. The van der Waals surface area contributed by atoms with Crippen LogP contribution in [0.3, 0.4) is 0 Å². The summed E-state index contributed by atoms with van der Waals surface area (Å²) in [5.41, 5.74) is 0. The van der Waals surface area contributed by atoms with Gasteiger partial charge in [0.15, 0.2) is 0 Å². The van der Waals surface area contributed by atoms with Crippen LogP contribution in [0.1, 0.15) is 0 Å². The Morgan fingerprint density at radius 3 is 2.06 bits per heavy atom. The number of hydrogen-bond donors (Lipinski definition) is 3. The molecular formula is C6H13NO7S2. The number of rotatable bonds is 7. The molecule has 0 heterocycles. The van der Waals surface area contributed by atoms with Gasteiger partial charge in [0, 0.05) is 6.26 Å². The SMILES string of the molecule is CS(=O)(=O)CCS(=O)(=O)N[C@H](CO)C(=O)O. The molecule has 0 spiro atoms.